The van der Waals surface area contributed by atoms with Crippen molar-refractivity contribution >= 4 is 39.3 Å². The van der Waals surface area contributed by atoms with Crippen LogP contribution in [0.1, 0.15) is 51.5 Å². The lowest BCUT2D eigenvalue weighted by atomic mass is 9.73. The molecule has 4 fully saturated rings. The molecule has 6 rings (SSSR count). The molecule has 38 heavy (non-hydrogen) atoms. The highest BCUT2D eigenvalue weighted by Crippen LogP contribution is 2.51. The molecule has 0 bridgehead atoms. The van der Waals surface area contributed by atoms with Crippen molar-refractivity contribution in [2.24, 2.45) is 11.8 Å². The fraction of sp³-hybridized carbons (Fsp3) is 0.679. The van der Waals surface area contributed by atoms with Gasteiger partial charge in [-0.1, -0.05) is 22.0 Å². The van der Waals surface area contributed by atoms with E-state index in [1.807, 2.05) is 41.8 Å². The summed E-state index contributed by atoms with van der Waals surface area (Å²) in [5, 5.41) is 0. The molecule has 1 spiro atoms. The second-order valence-electron chi connectivity index (χ2n) is 12.2. The fourth-order valence-electron chi connectivity index (χ4n) is 7.44. The lowest BCUT2D eigenvalue weighted by Gasteiger charge is -2.43. The maximum atomic E-state index is 14.2. The second kappa shape index (κ2) is 9.87. The molecule has 1 saturated carbocycles. The normalized spacial score (nSPS) is 29.9. The summed E-state index contributed by atoms with van der Waals surface area (Å²) in [6.07, 6.45) is 4.00. The van der Waals surface area contributed by atoms with Crippen molar-refractivity contribution in [2.75, 3.05) is 50.8 Å². The topological polar surface area (TPSA) is 94.2 Å². The molecule has 3 amide bonds. The van der Waals surface area contributed by atoms with Gasteiger partial charge in [0.05, 0.1) is 24.2 Å². The first-order chi connectivity index (χ1) is 18.2. The van der Waals surface area contributed by atoms with Crippen LogP contribution in [0.4, 0.5) is 5.69 Å². The Labute approximate surface area is 232 Å². The molecule has 206 valence electrons. The van der Waals surface area contributed by atoms with Gasteiger partial charge >= 0.3 is 0 Å². The molecule has 4 aliphatic heterocycles. The zero-order valence-electron chi connectivity index (χ0n) is 22.3. The minimum Gasteiger partial charge on any atom is -0.377 e. The van der Waals surface area contributed by atoms with Crippen LogP contribution in [-0.4, -0.2) is 85.0 Å². The average Bonchev–Trinajstić information content (AvgIpc) is 3.46. The molecule has 4 heterocycles. The summed E-state index contributed by atoms with van der Waals surface area (Å²) in [7, 11) is 0. The summed E-state index contributed by atoms with van der Waals surface area (Å²) >= 11 is 3.72. The Bertz CT molecular complexity index is 1130. The van der Waals surface area contributed by atoms with Gasteiger partial charge in [-0.25, -0.2) is 0 Å². The van der Waals surface area contributed by atoms with E-state index in [0.29, 0.717) is 57.6 Å². The van der Waals surface area contributed by atoms with E-state index < -0.39 is 11.0 Å². The molecule has 3 saturated heterocycles. The van der Waals surface area contributed by atoms with Crippen molar-refractivity contribution in [1.82, 2.24) is 20.7 Å². The number of carbonyl (C=O) groups is 3. The van der Waals surface area contributed by atoms with Crippen LogP contribution in [0.2, 0.25) is 0 Å². The fourth-order valence-corrected chi connectivity index (χ4v) is 8.18. The predicted octanol–water partition coefficient (Wildman–Crippen LogP) is 2.19. The SMILES string of the molecule is CC1(C)COCCN1C(=O)CN1C(=O)C2(CCN(C(=O)C3CCC4NNCC4C3)CC2)c2c(Br)cccc21. The number of hydrogen-bond acceptors (Lipinski definition) is 6. The number of benzene rings is 1. The molecular weight excluding hydrogens is 550 g/mol. The Hall–Kier alpha value is -2.01. The van der Waals surface area contributed by atoms with Crippen molar-refractivity contribution in [3.05, 3.63) is 28.2 Å². The van der Waals surface area contributed by atoms with E-state index in [1.54, 1.807) is 4.90 Å². The Morgan fingerprint density at radius 2 is 1.95 bits per heavy atom. The van der Waals surface area contributed by atoms with E-state index in [1.165, 1.54) is 0 Å². The molecular formula is C28H38BrN5O4. The lowest BCUT2D eigenvalue weighted by molar-refractivity contribution is -0.145. The highest BCUT2D eigenvalue weighted by molar-refractivity contribution is 9.10. The molecule has 1 aromatic rings. The van der Waals surface area contributed by atoms with Crippen molar-refractivity contribution in [1.29, 1.82) is 0 Å². The van der Waals surface area contributed by atoms with Gasteiger partial charge in [-0.2, -0.15) is 0 Å². The third-order valence-electron chi connectivity index (χ3n) is 9.57. The summed E-state index contributed by atoms with van der Waals surface area (Å²) in [5.74, 6) is 0.736. The number of anilines is 1. The number of ether oxygens (including phenoxy) is 1. The first-order valence-corrected chi connectivity index (χ1v) is 14.8. The molecule has 3 unspecified atom stereocenters. The quantitative estimate of drug-likeness (QED) is 0.563. The molecule has 3 atom stereocenters. The molecule has 1 aliphatic carbocycles. The van der Waals surface area contributed by atoms with Crippen molar-refractivity contribution in [3.8, 4) is 0 Å². The smallest absolute Gasteiger partial charge is 0.243 e. The zero-order valence-corrected chi connectivity index (χ0v) is 23.9. The van der Waals surface area contributed by atoms with Crippen LogP contribution in [0, 0.1) is 11.8 Å². The molecule has 10 heteroatoms. The van der Waals surface area contributed by atoms with E-state index in [0.717, 1.165) is 41.5 Å². The maximum absolute atomic E-state index is 14.2. The van der Waals surface area contributed by atoms with Gasteiger partial charge in [0.25, 0.3) is 0 Å². The number of rotatable bonds is 3. The van der Waals surface area contributed by atoms with Crippen LogP contribution < -0.4 is 15.8 Å². The Balaban J connectivity index is 1.19. The van der Waals surface area contributed by atoms with Gasteiger partial charge in [0.15, 0.2) is 0 Å². The summed E-state index contributed by atoms with van der Waals surface area (Å²) in [4.78, 5) is 46.7. The predicted molar refractivity (Wildman–Crippen MR) is 146 cm³/mol. The summed E-state index contributed by atoms with van der Waals surface area (Å²) in [6.45, 7) is 7.58. The molecule has 9 nitrogen and oxygen atoms in total. The van der Waals surface area contributed by atoms with Gasteiger partial charge in [0, 0.05) is 53.9 Å². The molecule has 0 aromatic heterocycles. The zero-order chi connectivity index (χ0) is 26.7. The number of fused-ring (bicyclic) bond motifs is 3. The Morgan fingerprint density at radius 1 is 1.16 bits per heavy atom. The molecule has 2 N–H and O–H groups in total. The number of hydrogen-bond donors (Lipinski definition) is 2. The minimum absolute atomic E-state index is 0.0167. The number of morpholine rings is 1. The highest BCUT2D eigenvalue weighted by atomic mass is 79.9. The van der Waals surface area contributed by atoms with Crippen LogP contribution in [-0.2, 0) is 24.5 Å². The Kier molecular flexibility index (Phi) is 6.81. The number of nitrogens with zero attached hydrogens (tertiary/aromatic N) is 3. The van der Waals surface area contributed by atoms with E-state index >= 15 is 0 Å². The van der Waals surface area contributed by atoms with Gasteiger partial charge < -0.3 is 19.4 Å². The van der Waals surface area contributed by atoms with Gasteiger partial charge in [-0.15, -0.1) is 0 Å². The van der Waals surface area contributed by atoms with Crippen LogP contribution >= 0.6 is 15.9 Å². The van der Waals surface area contributed by atoms with Crippen molar-refractivity contribution < 1.29 is 19.1 Å². The van der Waals surface area contributed by atoms with E-state index in [9.17, 15) is 14.4 Å². The molecule has 5 aliphatic rings. The van der Waals surface area contributed by atoms with E-state index in [2.05, 4.69) is 26.8 Å². The first-order valence-electron chi connectivity index (χ1n) is 14.0. The maximum Gasteiger partial charge on any atom is 0.243 e. The number of halogens is 1. The number of nitrogens with one attached hydrogen (secondary N) is 2. The van der Waals surface area contributed by atoms with Crippen molar-refractivity contribution in [3.63, 3.8) is 0 Å². The number of carbonyl (C=O) groups excluding carboxylic acids is 3. The van der Waals surface area contributed by atoms with E-state index in [-0.39, 0.29) is 30.2 Å². The van der Waals surface area contributed by atoms with Crippen molar-refractivity contribution in [2.45, 2.75) is 62.9 Å². The molecule has 1 aromatic carbocycles. The van der Waals surface area contributed by atoms with E-state index in [4.69, 9.17) is 4.74 Å². The van der Waals surface area contributed by atoms with Crippen LogP contribution in [0.5, 0.6) is 0 Å². The lowest BCUT2D eigenvalue weighted by Crippen LogP contribution is -2.58. The number of hydrazine groups is 1. The number of piperidine rings is 1. The van der Waals surface area contributed by atoms with Crippen LogP contribution in [0.3, 0.4) is 0 Å². The average molecular weight is 589 g/mol. The molecule has 0 radical (unpaired) electrons. The van der Waals surface area contributed by atoms with Gasteiger partial charge in [-0.05, 0) is 64.0 Å². The van der Waals surface area contributed by atoms with Crippen LogP contribution in [0.15, 0.2) is 22.7 Å². The highest BCUT2D eigenvalue weighted by Gasteiger charge is 2.54. The summed E-state index contributed by atoms with van der Waals surface area (Å²) < 4.78 is 6.49. The second-order valence-corrected chi connectivity index (χ2v) is 13.1. The van der Waals surface area contributed by atoms with Crippen LogP contribution in [0.25, 0.3) is 0 Å². The summed E-state index contributed by atoms with van der Waals surface area (Å²) in [5.41, 5.74) is 7.23. The standard InChI is InChI=1S/C28H38BrN5O4/c1-27(2)17-38-13-12-34(27)23(35)16-33-22-5-3-4-20(29)24(22)28(26(33)37)8-10-32(11-9-28)25(36)18-6-7-21-19(14-18)15-30-31-21/h3-5,18-19,21,30-31H,6-17H2,1-2H3. The minimum atomic E-state index is -0.718. The summed E-state index contributed by atoms with van der Waals surface area (Å²) in [6, 6.07) is 6.33. The number of amides is 3. The third-order valence-corrected chi connectivity index (χ3v) is 10.2. The first kappa shape index (κ1) is 26.2. The Morgan fingerprint density at radius 3 is 2.71 bits per heavy atom. The van der Waals surface area contributed by atoms with Gasteiger partial charge in [-0.3, -0.25) is 25.2 Å². The largest absolute Gasteiger partial charge is 0.377 e. The monoisotopic (exact) mass is 587 g/mol. The van der Waals surface area contributed by atoms with Gasteiger partial charge in [0.2, 0.25) is 17.7 Å². The number of likely N-dealkylation sites (tertiary alicyclic amines) is 1. The van der Waals surface area contributed by atoms with Gasteiger partial charge in [0.1, 0.15) is 6.54 Å². The third kappa shape index (κ3) is 4.28.